The van der Waals surface area contributed by atoms with Gasteiger partial charge in [-0.05, 0) is 49.1 Å². The largest absolute Gasteiger partial charge is 1.00 e. The number of carbonyl (C=O) groups excluding carboxylic acids is 1. The average Bonchev–Trinajstić information content (AvgIpc) is 3.12. The van der Waals surface area contributed by atoms with E-state index in [2.05, 4.69) is 25.7 Å². The van der Waals surface area contributed by atoms with Gasteiger partial charge < -0.3 is 33.3 Å². The van der Waals surface area contributed by atoms with Crippen molar-refractivity contribution in [2.45, 2.75) is 32.2 Å². The van der Waals surface area contributed by atoms with Crippen molar-refractivity contribution in [3.8, 4) is 0 Å². The van der Waals surface area contributed by atoms with Crippen LogP contribution >= 0.6 is 0 Å². The van der Waals surface area contributed by atoms with Crippen molar-refractivity contribution in [1.29, 1.82) is 0 Å². The molecule has 1 heterocycles. The second-order valence-corrected chi connectivity index (χ2v) is 8.65. The lowest BCUT2D eigenvalue weighted by molar-refractivity contribution is -0.384. The molecule has 0 unspecified atom stereocenters. The molecule has 32 heavy (non-hydrogen) atoms. The number of halogens is 1. The summed E-state index contributed by atoms with van der Waals surface area (Å²) in [5, 5.41) is 11.8. The monoisotopic (exact) mass is 551 g/mol. The van der Waals surface area contributed by atoms with Crippen LogP contribution in [0.15, 0.2) is 54.7 Å². The Kier molecular flexibility index (Phi) is 9.21. The number of rotatable bonds is 10. The molecule has 3 rings (SSSR count). The van der Waals surface area contributed by atoms with Gasteiger partial charge in [-0.1, -0.05) is 12.1 Å². The highest BCUT2D eigenvalue weighted by molar-refractivity contribution is 5.82. The summed E-state index contributed by atoms with van der Waals surface area (Å²) in [6.45, 7) is 1.25. The van der Waals surface area contributed by atoms with Gasteiger partial charge in [0.15, 0.2) is 0 Å². The summed E-state index contributed by atoms with van der Waals surface area (Å²) in [7, 11) is 6.32. The standard InChI is InChI=1S/C24H30N3O4.HI/c1-27(2,3)22-10-7-19(8-11-22)17-24(28)31-16-6-4-5-14-25-15-13-20-18-21(26(29)30)9-12-23(20)25;/h7-13,15,18H,4-6,14,16-17H2,1-3H3;1H/q+1;/p-1. The minimum absolute atomic E-state index is 0. The second kappa shape index (κ2) is 11.4. The van der Waals surface area contributed by atoms with Crippen LogP contribution < -0.4 is 28.5 Å². The molecule has 0 bridgehead atoms. The minimum atomic E-state index is -0.377. The lowest BCUT2D eigenvalue weighted by Crippen LogP contribution is -3.00. The SMILES string of the molecule is C[N+](C)(C)c1ccc(CC(=O)OCCCCCn2ccc3cc([N+](=O)[O-])ccc32)cc1.[I-]. The summed E-state index contributed by atoms with van der Waals surface area (Å²) in [5.74, 6) is -0.198. The number of nitro groups is 1. The molecule has 0 spiro atoms. The van der Waals surface area contributed by atoms with Crippen molar-refractivity contribution in [2.24, 2.45) is 0 Å². The third-order valence-electron chi connectivity index (χ3n) is 5.33. The number of esters is 1. The number of hydrogen-bond donors (Lipinski definition) is 0. The molecule has 0 aliphatic rings. The van der Waals surface area contributed by atoms with Crippen LogP contribution in [0.3, 0.4) is 0 Å². The van der Waals surface area contributed by atoms with Gasteiger partial charge in [0, 0.05) is 35.8 Å². The fourth-order valence-electron chi connectivity index (χ4n) is 3.52. The van der Waals surface area contributed by atoms with Crippen LogP contribution in [0.4, 0.5) is 11.4 Å². The molecule has 0 aliphatic carbocycles. The van der Waals surface area contributed by atoms with E-state index in [9.17, 15) is 14.9 Å². The average molecular weight is 551 g/mol. The van der Waals surface area contributed by atoms with Gasteiger partial charge in [0.05, 0.1) is 39.1 Å². The highest BCUT2D eigenvalue weighted by Gasteiger charge is 2.12. The van der Waals surface area contributed by atoms with Crippen LogP contribution in [-0.2, 0) is 22.5 Å². The zero-order valence-corrected chi connectivity index (χ0v) is 20.9. The van der Waals surface area contributed by atoms with Crippen LogP contribution in [0.1, 0.15) is 24.8 Å². The summed E-state index contributed by atoms with van der Waals surface area (Å²) in [4.78, 5) is 22.6. The highest BCUT2D eigenvalue weighted by Crippen LogP contribution is 2.22. The van der Waals surface area contributed by atoms with Crippen LogP contribution in [0.25, 0.3) is 10.9 Å². The summed E-state index contributed by atoms with van der Waals surface area (Å²) in [6.07, 6.45) is 4.96. The Morgan fingerprint density at radius 1 is 1.03 bits per heavy atom. The third-order valence-corrected chi connectivity index (χ3v) is 5.33. The van der Waals surface area contributed by atoms with E-state index in [1.54, 1.807) is 12.1 Å². The lowest BCUT2D eigenvalue weighted by atomic mass is 10.1. The molecule has 172 valence electrons. The van der Waals surface area contributed by atoms with Crippen LogP contribution in [0, 0.1) is 10.1 Å². The van der Waals surface area contributed by atoms with E-state index < -0.39 is 0 Å². The number of benzene rings is 2. The fraction of sp³-hybridized carbons (Fsp3) is 0.375. The first-order chi connectivity index (χ1) is 14.7. The lowest BCUT2D eigenvalue weighted by Gasteiger charge is -2.23. The molecule has 0 amide bonds. The van der Waals surface area contributed by atoms with Gasteiger partial charge in [-0.15, -0.1) is 0 Å². The van der Waals surface area contributed by atoms with Crippen LogP contribution in [0.2, 0.25) is 0 Å². The zero-order chi connectivity index (χ0) is 22.4. The number of carbonyl (C=O) groups is 1. The molecule has 0 saturated heterocycles. The van der Waals surface area contributed by atoms with Gasteiger partial charge in [-0.3, -0.25) is 19.4 Å². The van der Waals surface area contributed by atoms with Crippen LogP contribution in [-0.4, -0.2) is 43.2 Å². The molecule has 1 aromatic heterocycles. The molecule has 3 aromatic rings. The van der Waals surface area contributed by atoms with Gasteiger partial charge in [0.1, 0.15) is 5.69 Å². The number of aryl methyl sites for hydroxylation is 1. The van der Waals surface area contributed by atoms with Crippen molar-refractivity contribution < 1.29 is 38.4 Å². The van der Waals surface area contributed by atoms with Crippen molar-refractivity contribution >= 4 is 28.2 Å². The first kappa shape index (κ1) is 25.8. The minimum Gasteiger partial charge on any atom is -1.00 e. The Labute approximate surface area is 205 Å². The number of ether oxygens (including phenoxy) is 1. The molecule has 0 N–H and O–H groups in total. The highest BCUT2D eigenvalue weighted by atomic mass is 127. The van der Waals surface area contributed by atoms with E-state index >= 15 is 0 Å². The predicted octanol–water partition coefficient (Wildman–Crippen LogP) is 1.71. The third kappa shape index (κ3) is 7.03. The molecular formula is C24H30IN3O4. The quantitative estimate of drug-likeness (QED) is 0.0961. The van der Waals surface area contributed by atoms with Gasteiger partial charge >= 0.3 is 5.97 Å². The van der Waals surface area contributed by atoms with E-state index in [0.29, 0.717) is 13.0 Å². The Bertz CT molecular complexity index is 1060. The number of non-ortho nitro benzene ring substituents is 1. The number of hydrogen-bond acceptors (Lipinski definition) is 4. The summed E-state index contributed by atoms with van der Waals surface area (Å²) >= 11 is 0. The fourth-order valence-corrected chi connectivity index (χ4v) is 3.52. The van der Waals surface area contributed by atoms with Crippen molar-refractivity contribution in [2.75, 3.05) is 27.7 Å². The van der Waals surface area contributed by atoms with E-state index in [-0.39, 0.29) is 40.6 Å². The van der Waals surface area contributed by atoms with Gasteiger partial charge in [0.25, 0.3) is 5.69 Å². The number of nitro benzene ring substituents is 1. The van der Waals surface area contributed by atoms with Crippen molar-refractivity contribution in [1.82, 2.24) is 9.05 Å². The Balaban J connectivity index is 0.00000363. The maximum atomic E-state index is 12.1. The smallest absolute Gasteiger partial charge is 0.310 e. The summed E-state index contributed by atoms with van der Waals surface area (Å²) < 4.78 is 8.21. The maximum Gasteiger partial charge on any atom is 0.310 e. The molecule has 0 atom stereocenters. The van der Waals surface area contributed by atoms with Gasteiger partial charge in [-0.25, -0.2) is 0 Å². The normalized spacial score (nSPS) is 11.2. The molecule has 7 nitrogen and oxygen atoms in total. The first-order valence-electron chi connectivity index (χ1n) is 10.5. The van der Waals surface area contributed by atoms with Crippen molar-refractivity contribution in [3.63, 3.8) is 0 Å². The first-order valence-corrected chi connectivity index (χ1v) is 10.5. The molecule has 8 heteroatoms. The van der Waals surface area contributed by atoms with E-state index in [0.717, 1.165) is 46.8 Å². The van der Waals surface area contributed by atoms with E-state index in [4.69, 9.17) is 4.74 Å². The zero-order valence-electron chi connectivity index (χ0n) is 18.8. The predicted molar refractivity (Wildman–Crippen MR) is 123 cm³/mol. The molecule has 0 radical (unpaired) electrons. The Hall–Kier alpha value is -2.46. The Morgan fingerprint density at radius 3 is 2.41 bits per heavy atom. The van der Waals surface area contributed by atoms with Gasteiger partial charge in [0.2, 0.25) is 0 Å². The number of nitrogens with zero attached hydrogens (tertiary/aromatic N) is 3. The Morgan fingerprint density at radius 2 is 1.75 bits per heavy atom. The van der Waals surface area contributed by atoms with Gasteiger partial charge in [-0.2, -0.15) is 0 Å². The summed E-state index contributed by atoms with van der Waals surface area (Å²) in [6, 6.07) is 14.9. The molecule has 0 saturated carbocycles. The summed E-state index contributed by atoms with van der Waals surface area (Å²) in [5.41, 5.74) is 3.25. The van der Waals surface area contributed by atoms with Crippen LogP contribution in [0.5, 0.6) is 0 Å². The molecule has 2 aromatic carbocycles. The maximum absolute atomic E-state index is 12.1. The topological polar surface area (TPSA) is 74.4 Å². The molecule has 0 aliphatic heterocycles. The number of fused-ring (bicyclic) bond motifs is 1. The molecule has 0 fully saturated rings. The molecular weight excluding hydrogens is 521 g/mol. The number of aromatic nitrogens is 1. The van der Waals surface area contributed by atoms with E-state index in [1.807, 2.05) is 36.5 Å². The van der Waals surface area contributed by atoms with Crippen molar-refractivity contribution in [3.05, 3.63) is 70.4 Å². The number of unbranched alkanes of at least 4 members (excludes halogenated alkanes) is 2. The second-order valence-electron chi connectivity index (χ2n) is 8.65. The number of quaternary nitrogens is 1. The van der Waals surface area contributed by atoms with E-state index in [1.165, 1.54) is 11.8 Å².